The molecule has 4 rings (SSSR count). The van der Waals surface area contributed by atoms with E-state index < -0.39 is 0 Å². The smallest absolute Gasteiger partial charge is 0.191 e. The van der Waals surface area contributed by atoms with E-state index in [1.165, 1.54) is 11.1 Å². The van der Waals surface area contributed by atoms with E-state index in [1.807, 2.05) is 42.8 Å². The fraction of sp³-hybridized carbons (Fsp3) is 0.261. The number of hydrogen-bond donors (Lipinski definition) is 0. The first-order valence-electron chi connectivity index (χ1n) is 9.76. The summed E-state index contributed by atoms with van der Waals surface area (Å²) in [6.07, 6.45) is -0.188. The van der Waals surface area contributed by atoms with Crippen molar-refractivity contribution in [3.8, 4) is 16.3 Å². The Balaban J connectivity index is 1.39. The Kier molecular flexibility index (Phi) is 6.20. The van der Waals surface area contributed by atoms with Crippen LogP contribution in [0.4, 0.5) is 0 Å². The highest BCUT2D eigenvalue weighted by atomic mass is 32.2. The van der Waals surface area contributed by atoms with E-state index in [0.29, 0.717) is 0 Å². The standard InChI is InChI=1S/C23H24N4OS2/c1-15-5-9-18(10-6-15)22-24-19(13-29-22)14-30-23-26-25-21(27(23)4)17(3)28-20-11-7-16(2)8-12-20/h5-13,17H,14H2,1-4H3. The van der Waals surface area contributed by atoms with E-state index >= 15 is 0 Å². The van der Waals surface area contributed by atoms with E-state index in [2.05, 4.69) is 53.7 Å². The maximum absolute atomic E-state index is 6.03. The minimum atomic E-state index is -0.188. The summed E-state index contributed by atoms with van der Waals surface area (Å²) in [6, 6.07) is 16.5. The Hall–Kier alpha value is -2.64. The third-order valence-corrected chi connectivity index (χ3v) is 6.76. The summed E-state index contributed by atoms with van der Waals surface area (Å²) in [4.78, 5) is 4.78. The second-order valence-corrected chi connectivity index (χ2v) is 9.07. The zero-order chi connectivity index (χ0) is 21.1. The zero-order valence-corrected chi connectivity index (χ0v) is 19.1. The van der Waals surface area contributed by atoms with Crippen LogP contribution in [-0.2, 0) is 12.8 Å². The molecule has 7 heteroatoms. The molecule has 30 heavy (non-hydrogen) atoms. The average molecular weight is 437 g/mol. The van der Waals surface area contributed by atoms with Gasteiger partial charge in [-0.1, -0.05) is 59.3 Å². The van der Waals surface area contributed by atoms with Crippen molar-refractivity contribution in [3.05, 3.63) is 76.6 Å². The maximum Gasteiger partial charge on any atom is 0.191 e. The number of nitrogens with zero attached hydrogens (tertiary/aromatic N) is 4. The maximum atomic E-state index is 6.03. The van der Waals surface area contributed by atoms with Gasteiger partial charge >= 0.3 is 0 Å². The third-order valence-electron chi connectivity index (χ3n) is 4.77. The first kappa shape index (κ1) is 20.6. The molecule has 0 amide bonds. The van der Waals surface area contributed by atoms with Gasteiger partial charge in [0.1, 0.15) is 10.8 Å². The van der Waals surface area contributed by atoms with Crippen LogP contribution in [0.2, 0.25) is 0 Å². The molecule has 0 aliphatic carbocycles. The van der Waals surface area contributed by atoms with Crippen molar-refractivity contribution in [2.45, 2.75) is 37.8 Å². The van der Waals surface area contributed by atoms with Crippen molar-refractivity contribution in [2.24, 2.45) is 7.05 Å². The molecule has 0 N–H and O–H groups in total. The highest BCUT2D eigenvalue weighted by Gasteiger charge is 2.17. The number of aryl methyl sites for hydroxylation is 2. The monoisotopic (exact) mass is 436 g/mol. The van der Waals surface area contributed by atoms with Crippen LogP contribution in [0, 0.1) is 13.8 Å². The normalized spacial score (nSPS) is 12.1. The van der Waals surface area contributed by atoms with Crippen molar-refractivity contribution in [2.75, 3.05) is 0 Å². The van der Waals surface area contributed by atoms with Gasteiger partial charge in [-0.15, -0.1) is 21.5 Å². The highest BCUT2D eigenvalue weighted by molar-refractivity contribution is 7.98. The molecule has 0 aliphatic heterocycles. The topological polar surface area (TPSA) is 52.8 Å². The molecule has 0 spiro atoms. The van der Waals surface area contributed by atoms with Crippen LogP contribution in [0.5, 0.6) is 5.75 Å². The molecule has 0 bridgehead atoms. The molecule has 1 atom stereocenters. The lowest BCUT2D eigenvalue weighted by Gasteiger charge is -2.14. The second-order valence-electron chi connectivity index (χ2n) is 7.27. The lowest BCUT2D eigenvalue weighted by Crippen LogP contribution is -2.10. The van der Waals surface area contributed by atoms with Gasteiger partial charge in [0, 0.05) is 23.7 Å². The molecule has 0 saturated heterocycles. The molecule has 2 aromatic heterocycles. The number of ether oxygens (including phenoxy) is 1. The molecule has 0 saturated carbocycles. The number of aromatic nitrogens is 4. The summed E-state index contributed by atoms with van der Waals surface area (Å²) in [7, 11) is 1.98. The van der Waals surface area contributed by atoms with Crippen molar-refractivity contribution in [3.63, 3.8) is 0 Å². The van der Waals surface area contributed by atoms with Gasteiger partial charge in [-0.25, -0.2) is 4.98 Å². The van der Waals surface area contributed by atoms with Gasteiger partial charge in [-0.2, -0.15) is 0 Å². The Labute approximate surface area is 185 Å². The molecule has 0 radical (unpaired) electrons. The van der Waals surface area contributed by atoms with Crippen molar-refractivity contribution >= 4 is 23.1 Å². The van der Waals surface area contributed by atoms with Gasteiger partial charge in [0.15, 0.2) is 17.1 Å². The number of thiazole rings is 1. The van der Waals surface area contributed by atoms with Crippen LogP contribution in [0.3, 0.4) is 0 Å². The SMILES string of the molecule is Cc1ccc(OC(C)c2nnc(SCc3csc(-c4ccc(C)cc4)n3)n2C)cc1. The molecule has 1 unspecified atom stereocenters. The summed E-state index contributed by atoms with van der Waals surface area (Å²) in [6.45, 7) is 6.15. The Morgan fingerprint density at radius 1 is 1.00 bits per heavy atom. The molecule has 0 aliphatic rings. The van der Waals surface area contributed by atoms with Crippen molar-refractivity contribution < 1.29 is 4.74 Å². The van der Waals surface area contributed by atoms with Gasteiger partial charge in [0.25, 0.3) is 0 Å². The lowest BCUT2D eigenvalue weighted by molar-refractivity contribution is 0.211. The predicted molar refractivity (Wildman–Crippen MR) is 123 cm³/mol. The van der Waals surface area contributed by atoms with Gasteiger partial charge in [0.05, 0.1) is 5.69 Å². The molecular weight excluding hydrogens is 412 g/mol. The highest BCUT2D eigenvalue weighted by Crippen LogP contribution is 2.29. The first-order valence-corrected chi connectivity index (χ1v) is 11.6. The minimum absolute atomic E-state index is 0.188. The molecular formula is C23H24N4OS2. The van der Waals surface area contributed by atoms with Gasteiger partial charge in [-0.05, 0) is 32.9 Å². The Bertz CT molecular complexity index is 1120. The fourth-order valence-corrected chi connectivity index (χ4v) is 4.76. The van der Waals surface area contributed by atoms with E-state index in [-0.39, 0.29) is 6.10 Å². The molecule has 0 fully saturated rings. The molecule has 154 valence electrons. The molecule has 4 aromatic rings. The van der Waals surface area contributed by atoms with Crippen LogP contribution in [0.15, 0.2) is 59.1 Å². The second kappa shape index (κ2) is 9.02. The van der Waals surface area contributed by atoms with E-state index in [1.54, 1.807) is 23.1 Å². The molecule has 5 nitrogen and oxygen atoms in total. The lowest BCUT2D eigenvalue weighted by atomic mass is 10.2. The molecule has 2 heterocycles. The van der Waals surface area contributed by atoms with Gasteiger partial charge < -0.3 is 9.30 Å². The Morgan fingerprint density at radius 3 is 2.37 bits per heavy atom. The van der Waals surface area contributed by atoms with Crippen LogP contribution in [-0.4, -0.2) is 19.7 Å². The summed E-state index contributed by atoms with van der Waals surface area (Å²) in [5.41, 5.74) is 4.67. The number of rotatable bonds is 7. The third kappa shape index (κ3) is 4.74. The summed E-state index contributed by atoms with van der Waals surface area (Å²) >= 11 is 3.31. The molecule has 2 aromatic carbocycles. The van der Waals surface area contributed by atoms with Gasteiger partial charge in [0.2, 0.25) is 0 Å². The summed E-state index contributed by atoms with van der Waals surface area (Å²) in [5.74, 6) is 2.38. The summed E-state index contributed by atoms with van der Waals surface area (Å²) < 4.78 is 8.03. The van der Waals surface area contributed by atoms with Crippen LogP contribution >= 0.6 is 23.1 Å². The van der Waals surface area contributed by atoms with E-state index in [4.69, 9.17) is 9.72 Å². The predicted octanol–water partition coefficient (Wildman–Crippen LogP) is 5.99. The van der Waals surface area contributed by atoms with Crippen LogP contribution in [0.1, 0.15) is 35.7 Å². The van der Waals surface area contributed by atoms with Crippen LogP contribution in [0.25, 0.3) is 10.6 Å². The number of benzene rings is 2. The first-order chi connectivity index (χ1) is 14.5. The van der Waals surface area contributed by atoms with Crippen LogP contribution < -0.4 is 4.74 Å². The Morgan fingerprint density at radius 2 is 1.67 bits per heavy atom. The van der Waals surface area contributed by atoms with Gasteiger partial charge in [-0.3, -0.25) is 0 Å². The van der Waals surface area contributed by atoms with E-state index in [9.17, 15) is 0 Å². The number of hydrogen-bond acceptors (Lipinski definition) is 6. The van der Waals surface area contributed by atoms with Crippen molar-refractivity contribution in [1.29, 1.82) is 0 Å². The van der Waals surface area contributed by atoms with Crippen molar-refractivity contribution in [1.82, 2.24) is 19.7 Å². The largest absolute Gasteiger partial charge is 0.483 e. The fourth-order valence-electron chi connectivity index (χ4n) is 3.02. The summed E-state index contributed by atoms with van der Waals surface area (Å²) in [5, 5.41) is 12.7. The quantitative estimate of drug-likeness (QED) is 0.333. The van der Waals surface area contributed by atoms with E-state index in [0.717, 1.165) is 38.7 Å². The zero-order valence-electron chi connectivity index (χ0n) is 17.5. The minimum Gasteiger partial charge on any atom is -0.483 e. The number of thioether (sulfide) groups is 1. The average Bonchev–Trinajstić information content (AvgIpc) is 3.35.